The van der Waals surface area contributed by atoms with E-state index in [2.05, 4.69) is 6.07 Å². The quantitative estimate of drug-likeness (QED) is 0.786. The van der Waals surface area contributed by atoms with Crippen LogP contribution in [-0.2, 0) is 16.4 Å². The Morgan fingerprint density at radius 1 is 1.04 bits per heavy atom. The summed E-state index contributed by atoms with van der Waals surface area (Å²) in [7, 11) is -2.17. The lowest BCUT2D eigenvalue weighted by Crippen LogP contribution is -2.33. The Hall–Kier alpha value is -1.07. The summed E-state index contributed by atoms with van der Waals surface area (Å²) < 4.78 is 27.5. The lowest BCUT2D eigenvalue weighted by atomic mass is 9.88. The minimum absolute atomic E-state index is 0.0195. The Morgan fingerprint density at radius 3 is 2.39 bits per heavy atom. The molecule has 0 N–H and O–H groups in total. The second-order valence-corrected chi connectivity index (χ2v) is 8.43. The van der Waals surface area contributed by atoms with E-state index in [1.165, 1.54) is 9.87 Å². The first kappa shape index (κ1) is 16.8. The molecule has 0 radical (unpaired) electrons. The van der Waals surface area contributed by atoms with E-state index in [4.69, 9.17) is 23.2 Å². The average Bonchev–Trinajstić information content (AvgIpc) is 2.53. The van der Waals surface area contributed by atoms with Gasteiger partial charge in [0.1, 0.15) is 4.90 Å². The van der Waals surface area contributed by atoms with Crippen molar-refractivity contribution in [3.05, 3.63) is 63.6 Å². The molecule has 0 aliphatic heterocycles. The average molecular weight is 370 g/mol. The van der Waals surface area contributed by atoms with Crippen LogP contribution in [0.1, 0.15) is 30.0 Å². The van der Waals surface area contributed by atoms with Crippen molar-refractivity contribution in [2.75, 3.05) is 7.05 Å². The van der Waals surface area contributed by atoms with Gasteiger partial charge in [0, 0.05) is 13.1 Å². The van der Waals surface area contributed by atoms with Crippen LogP contribution in [0.4, 0.5) is 0 Å². The van der Waals surface area contributed by atoms with Crippen molar-refractivity contribution in [1.82, 2.24) is 4.31 Å². The fourth-order valence-electron chi connectivity index (χ4n) is 3.15. The van der Waals surface area contributed by atoms with Gasteiger partial charge in [-0.15, -0.1) is 0 Å². The molecule has 0 saturated heterocycles. The maximum atomic E-state index is 13.0. The minimum Gasteiger partial charge on any atom is -0.207 e. The summed E-state index contributed by atoms with van der Waals surface area (Å²) in [4.78, 5) is -0.0195. The predicted molar refractivity (Wildman–Crippen MR) is 93.5 cm³/mol. The molecule has 0 unspecified atom stereocenters. The van der Waals surface area contributed by atoms with Gasteiger partial charge in [-0.25, -0.2) is 8.42 Å². The van der Waals surface area contributed by atoms with Gasteiger partial charge >= 0.3 is 0 Å². The van der Waals surface area contributed by atoms with Gasteiger partial charge in [0.05, 0.1) is 10.0 Å². The molecular formula is C17H17Cl2NO2S. The van der Waals surface area contributed by atoms with Gasteiger partial charge in [-0.1, -0.05) is 53.5 Å². The van der Waals surface area contributed by atoms with E-state index in [1.807, 2.05) is 18.2 Å². The highest BCUT2D eigenvalue weighted by molar-refractivity contribution is 7.89. The van der Waals surface area contributed by atoms with Crippen LogP contribution < -0.4 is 0 Å². The van der Waals surface area contributed by atoms with Crippen LogP contribution in [0.25, 0.3) is 0 Å². The van der Waals surface area contributed by atoms with Crippen LogP contribution in [0.2, 0.25) is 10.0 Å². The number of sulfonamides is 1. The van der Waals surface area contributed by atoms with Crippen LogP contribution >= 0.6 is 23.2 Å². The summed E-state index contributed by atoms with van der Waals surface area (Å²) >= 11 is 12.2. The molecule has 2 aromatic carbocycles. The molecule has 6 heteroatoms. The van der Waals surface area contributed by atoms with Gasteiger partial charge in [0.15, 0.2) is 0 Å². The summed E-state index contributed by atoms with van der Waals surface area (Å²) in [6.45, 7) is 0. The zero-order valence-electron chi connectivity index (χ0n) is 12.7. The van der Waals surface area contributed by atoms with E-state index in [9.17, 15) is 8.42 Å². The van der Waals surface area contributed by atoms with Gasteiger partial charge in [0.25, 0.3) is 0 Å². The van der Waals surface area contributed by atoms with Crippen molar-refractivity contribution < 1.29 is 8.42 Å². The molecule has 1 aliphatic rings. The number of hydrogen-bond acceptors (Lipinski definition) is 2. The molecule has 3 nitrogen and oxygen atoms in total. The van der Waals surface area contributed by atoms with Crippen LogP contribution in [-0.4, -0.2) is 19.8 Å². The van der Waals surface area contributed by atoms with Crippen LogP contribution in [0, 0.1) is 0 Å². The largest absolute Gasteiger partial charge is 0.246 e. The molecule has 0 heterocycles. The van der Waals surface area contributed by atoms with E-state index >= 15 is 0 Å². The molecule has 0 aromatic heterocycles. The smallest absolute Gasteiger partial charge is 0.207 e. The van der Waals surface area contributed by atoms with E-state index in [0.29, 0.717) is 0 Å². The highest BCUT2D eigenvalue weighted by Gasteiger charge is 2.34. The highest BCUT2D eigenvalue weighted by atomic mass is 35.5. The minimum atomic E-state index is -3.77. The Kier molecular flexibility index (Phi) is 4.70. The number of aryl methyl sites for hydroxylation is 1. The Bertz CT molecular complexity index is 816. The van der Waals surface area contributed by atoms with Gasteiger partial charge < -0.3 is 0 Å². The summed E-state index contributed by atoms with van der Waals surface area (Å²) in [6.07, 6.45) is 2.72. The van der Waals surface area contributed by atoms with Gasteiger partial charge in [0.2, 0.25) is 10.0 Å². The SMILES string of the molecule is CN([C@H]1CCCc2ccccc21)S(=O)(=O)c1c(Cl)cccc1Cl. The topological polar surface area (TPSA) is 37.4 Å². The first-order valence-corrected chi connectivity index (χ1v) is 9.62. The molecule has 1 atom stereocenters. The second kappa shape index (κ2) is 6.44. The molecular weight excluding hydrogens is 353 g/mol. The third-order valence-electron chi connectivity index (χ3n) is 4.33. The summed E-state index contributed by atoms with van der Waals surface area (Å²) in [5.41, 5.74) is 2.27. The van der Waals surface area contributed by atoms with Crippen molar-refractivity contribution >= 4 is 33.2 Å². The monoisotopic (exact) mass is 369 g/mol. The first-order chi connectivity index (χ1) is 10.9. The number of benzene rings is 2. The predicted octanol–water partition coefficient (Wildman–Crippen LogP) is 4.69. The molecule has 3 rings (SSSR count). The molecule has 122 valence electrons. The summed E-state index contributed by atoms with van der Waals surface area (Å²) in [5, 5.41) is 0.293. The lowest BCUT2D eigenvalue weighted by Gasteiger charge is -2.32. The van der Waals surface area contributed by atoms with E-state index in [-0.39, 0.29) is 21.0 Å². The van der Waals surface area contributed by atoms with Crippen molar-refractivity contribution in [3.63, 3.8) is 0 Å². The third kappa shape index (κ3) is 3.01. The number of hydrogen-bond donors (Lipinski definition) is 0. The molecule has 0 bridgehead atoms. The van der Waals surface area contributed by atoms with Crippen LogP contribution in [0.5, 0.6) is 0 Å². The van der Waals surface area contributed by atoms with Crippen LogP contribution in [0.3, 0.4) is 0 Å². The van der Waals surface area contributed by atoms with Gasteiger partial charge in [-0.05, 0) is 42.5 Å². The zero-order chi connectivity index (χ0) is 16.6. The molecule has 0 saturated carbocycles. The molecule has 0 spiro atoms. The van der Waals surface area contributed by atoms with Gasteiger partial charge in [-0.2, -0.15) is 4.31 Å². The van der Waals surface area contributed by atoms with Gasteiger partial charge in [-0.3, -0.25) is 0 Å². The molecule has 23 heavy (non-hydrogen) atoms. The Morgan fingerprint density at radius 2 is 1.70 bits per heavy atom. The zero-order valence-corrected chi connectivity index (χ0v) is 15.0. The molecule has 2 aromatic rings. The number of nitrogens with zero attached hydrogens (tertiary/aromatic N) is 1. The van der Waals surface area contributed by atoms with Crippen molar-refractivity contribution in [1.29, 1.82) is 0 Å². The van der Waals surface area contributed by atoms with Crippen molar-refractivity contribution in [2.45, 2.75) is 30.2 Å². The Balaban J connectivity index is 2.05. The fourth-order valence-corrected chi connectivity index (χ4v) is 5.60. The second-order valence-electron chi connectivity index (χ2n) is 5.68. The van der Waals surface area contributed by atoms with Crippen molar-refractivity contribution in [2.24, 2.45) is 0 Å². The summed E-state index contributed by atoms with van der Waals surface area (Å²) in [5.74, 6) is 0. The van der Waals surface area contributed by atoms with E-state index in [0.717, 1.165) is 24.8 Å². The molecule has 1 aliphatic carbocycles. The fraction of sp³-hybridized carbons (Fsp3) is 0.294. The number of rotatable bonds is 3. The third-order valence-corrected chi connectivity index (χ3v) is 7.16. The molecule has 0 amide bonds. The lowest BCUT2D eigenvalue weighted by molar-refractivity contribution is 0.337. The number of halogens is 2. The maximum absolute atomic E-state index is 13.0. The number of fused-ring (bicyclic) bond motifs is 1. The van der Waals surface area contributed by atoms with Crippen LogP contribution in [0.15, 0.2) is 47.4 Å². The van der Waals surface area contributed by atoms with E-state index in [1.54, 1.807) is 25.2 Å². The van der Waals surface area contributed by atoms with E-state index < -0.39 is 10.0 Å². The normalized spacial score (nSPS) is 18.0. The maximum Gasteiger partial charge on any atom is 0.246 e. The summed E-state index contributed by atoms with van der Waals surface area (Å²) in [6, 6.07) is 12.5. The highest BCUT2D eigenvalue weighted by Crippen LogP contribution is 2.39. The first-order valence-electron chi connectivity index (χ1n) is 7.43. The van der Waals surface area contributed by atoms with Crippen molar-refractivity contribution in [3.8, 4) is 0 Å². The molecule has 0 fully saturated rings. The Labute approximate surface area is 146 Å². The standard InChI is InChI=1S/C17H17Cl2NO2S/c1-20(16-11-4-7-12-6-2-3-8-13(12)16)23(21,22)17-14(18)9-5-10-15(17)19/h2-3,5-6,8-10,16H,4,7,11H2,1H3/t16-/m0/s1.